The van der Waals surface area contributed by atoms with E-state index in [1.807, 2.05) is 73.7 Å². The normalized spacial score (nSPS) is 14.2. The third-order valence-electron chi connectivity index (χ3n) is 7.06. The van der Waals surface area contributed by atoms with Crippen molar-refractivity contribution in [3.8, 4) is 5.75 Å². The lowest BCUT2D eigenvalue weighted by Crippen LogP contribution is -2.52. The summed E-state index contributed by atoms with van der Waals surface area (Å²) in [5.74, 6) is 0.600. The maximum atomic E-state index is 13.7. The largest absolute Gasteiger partial charge is 0.494 e. The Morgan fingerprint density at radius 1 is 0.947 bits per heavy atom. The summed E-state index contributed by atoms with van der Waals surface area (Å²) < 4.78 is 5.81. The third kappa shape index (κ3) is 8.35. The lowest BCUT2D eigenvalue weighted by molar-refractivity contribution is -0.141. The number of hydrogen-bond acceptors (Lipinski definition) is 3. The molecule has 200 valence electrons. The molecule has 38 heavy (non-hydrogen) atoms. The van der Waals surface area contributed by atoms with E-state index in [4.69, 9.17) is 16.3 Å². The van der Waals surface area contributed by atoms with E-state index in [2.05, 4.69) is 5.32 Å². The molecule has 1 aliphatic rings. The fraction of sp³-hybridized carbons (Fsp3) is 0.375. The number of amides is 2. The summed E-state index contributed by atoms with van der Waals surface area (Å²) in [6.45, 7) is 2.83. The zero-order valence-corrected chi connectivity index (χ0v) is 22.8. The van der Waals surface area contributed by atoms with Gasteiger partial charge in [0.05, 0.1) is 6.61 Å². The fourth-order valence-electron chi connectivity index (χ4n) is 4.90. The van der Waals surface area contributed by atoms with Gasteiger partial charge in [0.2, 0.25) is 11.8 Å². The number of carbonyl (C=O) groups is 2. The van der Waals surface area contributed by atoms with Crippen LogP contribution in [0.1, 0.15) is 55.2 Å². The monoisotopic (exact) mass is 532 g/mol. The zero-order chi connectivity index (χ0) is 26.7. The molecule has 0 spiro atoms. The molecule has 1 N–H and O–H groups in total. The first-order valence-electron chi connectivity index (χ1n) is 13.6. The second-order valence-electron chi connectivity index (χ2n) is 10.1. The maximum Gasteiger partial charge on any atom is 0.243 e. The number of halogens is 1. The summed E-state index contributed by atoms with van der Waals surface area (Å²) in [6.07, 6.45) is 5.57. The number of hydrogen-bond donors (Lipinski definition) is 1. The van der Waals surface area contributed by atoms with Gasteiger partial charge < -0.3 is 15.0 Å². The van der Waals surface area contributed by atoms with Crippen molar-refractivity contribution in [3.63, 3.8) is 0 Å². The minimum absolute atomic E-state index is 0.0483. The molecule has 1 aliphatic carbocycles. The van der Waals surface area contributed by atoms with Crippen LogP contribution in [0.25, 0.3) is 0 Å². The van der Waals surface area contributed by atoms with E-state index in [-0.39, 0.29) is 17.9 Å². The van der Waals surface area contributed by atoms with Crippen molar-refractivity contribution in [2.75, 3.05) is 6.61 Å². The smallest absolute Gasteiger partial charge is 0.243 e. The number of rotatable bonds is 12. The summed E-state index contributed by atoms with van der Waals surface area (Å²) in [5.41, 5.74) is 3.20. The Bertz CT molecular complexity index is 1160. The second-order valence-corrected chi connectivity index (χ2v) is 10.5. The van der Waals surface area contributed by atoms with Gasteiger partial charge in [-0.25, -0.2) is 0 Å². The van der Waals surface area contributed by atoms with Crippen LogP contribution < -0.4 is 10.1 Å². The molecule has 3 aromatic carbocycles. The van der Waals surface area contributed by atoms with Crippen LogP contribution in [-0.2, 0) is 22.6 Å². The van der Waals surface area contributed by atoms with E-state index in [1.165, 1.54) is 0 Å². The van der Waals surface area contributed by atoms with Crippen molar-refractivity contribution in [1.29, 1.82) is 0 Å². The molecular weight excluding hydrogens is 496 g/mol. The summed E-state index contributed by atoms with van der Waals surface area (Å²) >= 11 is 5.95. The first-order chi connectivity index (χ1) is 18.5. The molecule has 1 unspecified atom stereocenters. The van der Waals surface area contributed by atoms with Gasteiger partial charge in [0.1, 0.15) is 11.8 Å². The first-order valence-corrected chi connectivity index (χ1v) is 13.9. The van der Waals surface area contributed by atoms with Gasteiger partial charge in [-0.05, 0) is 61.6 Å². The van der Waals surface area contributed by atoms with E-state index in [1.54, 1.807) is 17.0 Å². The predicted molar refractivity (Wildman–Crippen MR) is 152 cm³/mol. The number of aryl methyl sites for hydroxylation is 1. The molecule has 1 fully saturated rings. The van der Waals surface area contributed by atoms with Crippen molar-refractivity contribution in [1.82, 2.24) is 10.2 Å². The molecule has 4 rings (SSSR count). The van der Waals surface area contributed by atoms with E-state index >= 15 is 0 Å². The zero-order valence-electron chi connectivity index (χ0n) is 22.1. The van der Waals surface area contributed by atoms with Crippen LogP contribution in [0, 0.1) is 6.92 Å². The minimum Gasteiger partial charge on any atom is -0.494 e. The SMILES string of the molecule is Cc1ccc(CN(C(=O)CCCOc2ccc(Cl)cc2)C(Cc2ccccc2)C(=O)NC2CCCC2)cc1. The van der Waals surface area contributed by atoms with Gasteiger partial charge in [-0.1, -0.05) is 84.6 Å². The summed E-state index contributed by atoms with van der Waals surface area (Å²) in [4.78, 5) is 29.2. The van der Waals surface area contributed by atoms with Crippen LogP contribution >= 0.6 is 11.6 Å². The first kappa shape index (κ1) is 27.7. The Morgan fingerprint density at radius 2 is 1.63 bits per heavy atom. The van der Waals surface area contributed by atoms with Crippen LogP contribution in [0.3, 0.4) is 0 Å². The van der Waals surface area contributed by atoms with Crippen molar-refractivity contribution in [2.45, 2.75) is 70.5 Å². The molecule has 6 heteroatoms. The summed E-state index contributed by atoms with van der Waals surface area (Å²) in [6, 6.07) is 24.9. The topological polar surface area (TPSA) is 58.6 Å². The van der Waals surface area contributed by atoms with Gasteiger partial charge in [-0.15, -0.1) is 0 Å². The van der Waals surface area contributed by atoms with Crippen LogP contribution in [0.2, 0.25) is 5.02 Å². The average molecular weight is 533 g/mol. The quantitative estimate of drug-likeness (QED) is 0.271. The number of ether oxygens (including phenoxy) is 1. The Balaban J connectivity index is 1.50. The predicted octanol–water partition coefficient (Wildman–Crippen LogP) is 6.51. The Kier molecular flexibility index (Phi) is 10.2. The second kappa shape index (κ2) is 14.0. The summed E-state index contributed by atoms with van der Waals surface area (Å²) in [5, 5.41) is 3.91. The van der Waals surface area contributed by atoms with Crippen molar-refractivity contribution >= 4 is 23.4 Å². The van der Waals surface area contributed by atoms with Crippen molar-refractivity contribution in [2.24, 2.45) is 0 Å². The molecule has 1 saturated carbocycles. The van der Waals surface area contributed by atoms with E-state index in [9.17, 15) is 9.59 Å². The number of nitrogens with zero attached hydrogens (tertiary/aromatic N) is 1. The number of nitrogens with one attached hydrogen (secondary N) is 1. The highest BCUT2D eigenvalue weighted by atomic mass is 35.5. The maximum absolute atomic E-state index is 13.7. The van der Waals surface area contributed by atoms with Gasteiger partial charge in [0, 0.05) is 30.5 Å². The molecule has 5 nitrogen and oxygen atoms in total. The lowest BCUT2D eigenvalue weighted by Gasteiger charge is -2.32. The lowest BCUT2D eigenvalue weighted by atomic mass is 10.0. The molecule has 0 aromatic heterocycles. The van der Waals surface area contributed by atoms with Crippen LogP contribution in [0.5, 0.6) is 5.75 Å². The van der Waals surface area contributed by atoms with Gasteiger partial charge >= 0.3 is 0 Å². The van der Waals surface area contributed by atoms with E-state index in [0.717, 1.165) is 48.1 Å². The standard InChI is InChI=1S/C32H37ClN2O3/c1-24-13-15-26(16-14-24)23-35(31(36)12-7-21-38-29-19-17-27(33)18-20-29)30(22-25-8-3-2-4-9-25)32(37)34-28-10-5-6-11-28/h2-4,8-9,13-20,28,30H,5-7,10-12,21-23H2,1H3,(H,34,37). The Morgan fingerprint density at radius 3 is 2.32 bits per heavy atom. The van der Waals surface area contributed by atoms with Crippen LogP contribution in [0.15, 0.2) is 78.9 Å². The van der Waals surface area contributed by atoms with Gasteiger partial charge in [0.15, 0.2) is 0 Å². The van der Waals surface area contributed by atoms with Gasteiger partial charge in [-0.3, -0.25) is 9.59 Å². The average Bonchev–Trinajstić information content (AvgIpc) is 3.44. The molecule has 3 aromatic rings. The highest BCUT2D eigenvalue weighted by molar-refractivity contribution is 6.30. The number of carbonyl (C=O) groups excluding carboxylic acids is 2. The molecule has 0 bridgehead atoms. The van der Waals surface area contributed by atoms with Gasteiger partial charge in [0.25, 0.3) is 0 Å². The van der Waals surface area contributed by atoms with E-state index < -0.39 is 6.04 Å². The van der Waals surface area contributed by atoms with E-state index in [0.29, 0.717) is 37.4 Å². The molecule has 0 aliphatic heterocycles. The Hall–Kier alpha value is -3.31. The van der Waals surface area contributed by atoms with Crippen LogP contribution in [0.4, 0.5) is 0 Å². The van der Waals surface area contributed by atoms with Crippen LogP contribution in [-0.4, -0.2) is 35.4 Å². The highest BCUT2D eigenvalue weighted by Gasteiger charge is 2.31. The molecular formula is C32H37ClN2O3. The minimum atomic E-state index is -0.594. The number of benzene rings is 3. The highest BCUT2D eigenvalue weighted by Crippen LogP contribution is 2.21. The molecule has 0 radical (unpaired) electrons. The molecule has 0 saturated heterocycles. The van der Waals surface area contributed by atoms with Crippen molar-refractivity contribution in [3.05, 3.63) is 101 Å². The molecule has 1 atom stereocenters. The fourth-order valence-corrected chi connectivity index (χ4v) is 5.03. The molecule has 0 heterocycles. The van der Waals surface area contributed by atoms with Crippen molar-refractivity contribution < 1.29 is 14.3 Å². The van der Waals surface area contributed by atoms with Gasteiger partial charge in [-0.2, -0.15) is 0 Å². The molecule has 2 amide bonds. The Labute approximate surface area is 231 Å². The summed E-state index contributed by atoms with van der Waals surface area (Å²) in [7, 11) is 0. The third-order valence-corrected chi connectivity index (χ3v) is 7.32.